The van der Waals surface area contributed by atoms with E-state index in [0.717, 1.165) is 29.8 Å². The first-order valence-electron chi connectivity index (χ1n) is 5.89. The predicted molar refractivity (Wildman–Crippen MR) is 63.5 cm³/mol. The smallest absolute Gasteiger partial charge is 0.231 e. The van der Waals surface area contributed by atoms with Gasteiger partial charge in [-0.25, -0.2) is 0 Å². The molecule has 0 saturated carbocycles. The van der Waals surface area contributed by atoms with Gasteiger partial charge in [-0.3, -0.25) is 15.0 Å². The number of nitro groups is 1. The number of benzene rings is 1. The Morgan fingerprint density at radius 3 is 2.89 bits per heavy atom. The predicted octanol–water partition coefficient (Wildman–Crippen LogP) is 1.22. The molecular weight excluding hydrogens is 236 g/mol. The van der Waals surface area contributed by atoms with Gasteiger partial charge in [-0.2, -0.15) is 0 Å². The molecule has 1 unspecified atom stereocenters. The van der Waals surface area contributed by atoms with Crippen molar-refractivity contribution in [2.75, 3.05) is 26.9 Å². The number of hydrogen-bond donors (Lipinski definition) is 0. The molecule has 1 aromatic carbocycles. The molecule has 0 fully saturated rings. The molecule has 3 rings (SSSR count). The summed E-state index contributed by atoms with van der Waals surface area (Å²) in [5, 5.41) is 10.8. The molecule has 0 saturated heterocycles. The minimum atomic E-state index is -0.263. The van der Waals surface area contributed by atoms with Gasteiger partial charge in [-0.1, -0.05) is 0 Å². The number of ether oxygens (including phenoxy) is 2. The van der Waals surface area contributed by atoms with Crippen LogP contribution in [-0.2, 0) is 6.42 Å². The Morgan fingerprint density at radius 1 is 1.44 bits per heavy atom. The van der Waals surface area contributed by atoms with E-state index in [1.54, 1.807) is 0 Å². The molecule has 6 nitrogen and oxygen atoms in total. The average molecular weight is 250 g/mol. The van der Waals surface area contributed by atoms with E-state index in [1.165, 1.54) is 0 Å². The summed E-state index contributed by atoms with van der Waals surface area (Å²) in [7, 11) is 1.92. The molecule has 18 heavy (non-hydrogen) atoms. The maximum absolute atomic E-state index is 10.8. The molecule has 2 aliphatic heterocycles. The average Bonchev–Trinajstić information content (AvgIpc) is 2.77. The van der Waals surface area contributed by atoms with Gasteiger partial charge in [0.15, 0.2) is 11.5 Å². The van der Waals surface area contributed by atoms with Gasteiger partial charge in [-0.15, -0.1) is 0 Å². The Bertz CT molecular complexity index is 503. The molecule has 1 atom stereocenters. The van der Waals surface area contributed by atoms with E-state index in [1.807, 2.05) is 24.1 Å². The standard InChI is InChI=1S/C12H14N2O4/c1-13-3-2-8-4-11-12(18-7-17-11)5-9(8)10(13)6-14(15)16/h4-5,10H,2-3,6-7H2,1H3. The fourth-order valence-electron chi connectivity index (χ4n) is 2.60. The zero-order valence-corrected chi connectivity index (χ0v) is 10.1. The van der Waals surface area contributed by atoms with Crippen molar-refractivity contribution in [1.29, 1.82) is 0 Å². The lowest BCUT2D eigenvalue weighted by Crippen LogP contribution is -2.36. The molecule has 96 valence electrons. The van der Waals surface area contributed by atoms with E-state index in [0.29, 0.717) is 5.75 Å². The van der Waals surface area contributed by atoms with Crippen molar-refractivity contribution in [3.63, 3.8) is 0 Å². The van der Waals surface area contributed by atoms with Crippen molar-refractivity contribution in [2.24, 2.45) is 0 Å². The molecule has 2 aliphatic rings. The normalized spacial score (nSPS) is 21.7. The maximum atomic E-state index is 10.8. The Kier molecular flexibility index (Phi) is 2.59. The molecule has 0 radical (unpaired) electrons. The summed E-state index contributed by atoms with van der Waals surface area (Å²) in [6.45, 7) is 0.974. The molecule has 0 amide bonds. The van der Waals surface area contributed by atoms with Crippen molar-refractivity contribution in [3.05, 3.63) is 33.4 Å². The van der Waals surface area contributed by atoms with Crippen molar-refractivity contribution in [2.45, 2.75) is 12.5 Å². The number of likely N-dealkylation sites (N-methyl/N-ethyl adjacent to an activating group) is 1. The summed E-state index contributed by atoms with van der Waals surface area (Å²) in [5.41, 5.74) is 2.12. The van der Waals surface area contributed by atoms with Crippen LogP contribution in [0.2, 0.25) is 0 Å². The zero-order chi connectivity index (χ0) is 12.7. The highest BCUT2D eigenvalue weighted by Crippen LogP contribution is 2.39. The molecule has 6 heteroatoms. The van der Waals surface area contributed by atoms with Crippen LogP contribution in [0.3, 0.4) is 0 Å². The number of fused-ring (bicyclic) bond motifs is 2. The van der Waals surface area contributed by atoms with Crippen LogP contribution < -0.4 is 9.47 Å². The summed E-state index contributed by atoms with van der Waals surface area (Å²) < 4.78 is 10.7. The van der Waals surface area contributed by atoms with E-state index >= 15 is 0 Å². The molecule has 2 heterocycles. The van der Waals surface area contributed by atoms with Gasteiger partial charge in [0, 0.05) is 11.5 Å². The molecule has 0 spiro atoms. The zero-order valence-electron chi connectivity index (χ0n) is 10.1. The maximum Gasteiger partial charge on any atom is 0.231 e. The van der Waals surface area contributed by atoms with Crippen LogP contribution in [0.4, 0.5) is 0 Å². The van der Waals surface area contributed by atoms with Gasteiger partial charge in [-0.05, 0) is 36.7 Å². The highest BCUT2D eigenvalue weighted by atomic mass is 16.7. The van der Waals surface area contributed by atoms with Gasteiger partial charge in [0.25, 0.3) is 0 Å². The summed E-state index contributed by atoms with van der Waals surface area (Å²) in [5.74, 6) is 1.44. The minimum Gasteiger partial charge on any atom is -0.454 e. The summed E-state index contributed by atoms with van der Waals surface area (Å²) >= 11 is 0. The SMILES string of the molecule is CN1CCc2cc3c(cc2C1C[N+](=O)[O-])OCO3. The molecule has 0 bridgehead atoms. The van der Waals surface area contributed by atoms with Crippen LogP contribution in [0.25, 0.3) is 0 Å². The second-order valence-electron chi connectivity index (χ2n) is 4.67. The Labute approximate surface area is 104 Å². The van der Waals surface area contributed by atoms with Crippen LogP contribution in [0.5, 0.6) is 11.5 Å². The Hall–Kier alpha value is -1.82. The monoisotopic (exact) mass is 250 g/mol. The van der Waals surface area contributed by atoms with Crippen molar-refractivity contribution < 1.29 is 14.4 Å². The minimum absolute atomic E-state index is 0.0802. The first-order valence-corrected chi connectivity index (χ1v) is 5.89. The Balaban J connectivity index is 2.02. The van der Waals surface area contributed by atoms with Crippen molar-refractivity contribution in [1.82, 2.24) is 4.90 Å². The van der Waals surface area contributed by atoms with Crippen LogP contribution in [-0.4, -0.2) is 36.8 Å². The van der Waals surface area contributed by atoms with Crippen molar-refractivity contribution in [3.8, 4) is 11.5 Å². The van der Waals surface area contributed by atoms with E-state index in [4.69, 9.17) is 9.47 Å². The highest BCUT2D eigenvalue weighted by molar-refractivity contribution is 5.50. The number of rotatable bonds is 2. The Morgan fingerprint density at radius 2 is 2.17 bits per heavy atom. The molecular formula is C12H14N2O4. The van der Waals surface area contributed by atoms with E-state index in [2.05, 4.69) is 0 Å². The lowest BCUT2D eigenvalue weighted by atomic mass is 9.92. The van der Waals surface area contributed by atoms with Crippen LogP contribution in [0.1, 0.15) is 17.2 Å². The molecule has 0 aliphatic carbocycles. The third kappa shape index (κ3) is 1.78. The summed E-state index contributed by atoms with van der Waals surface area (Å²) in [6, 6.07) is 3.66. The lowest BCUT2D eigenvalue weighted by molar-refractivity contribution is -0.488. The van der Waals surface area contributed by atoms with E-state index in [9.17, 15) is 10.1 Å². The highest BCUT2D eigenvalue weighted by Gasteiger charge is 2.31. The molecule has 0 aromatic heterocycles. The van der Waals surface area contributed by atoms with E-state index in [-0.39, 0.29) is 24.3 Å². The first-order chi connectivity index (χ1) is 8.65. The van der Waals surface area contributed by atoms with Gasteiger partial charge in [0.1, 0.15) is 6.04 Å². The quantitative estimate of drug-likeness (QED) is 0.583. The third-order valence-corrected chi connectivity index (χ3v) is 3.58. The van der Waals surface area contributed by atoms with Crippen molar-refractivity contribution >= 4 is 0 Å². The van der Waals surface area contributed by atoms with Gasteiger partial charge < -0.3 is 9.47 Å². The van der Waals surface area contributed by atoms with Crippen LogP contribution in [0, 0.1) is 10.1 Å². The molecule has 1 aromatic rings. The summed E-state index contributed by atoms with van der Waals surface area (Å²) in [4.78, 5) is 12.5. The van der Waals surface area contributed by atoms with Gasteiger partial charge in [0.05, 0.1) is 0 Å². The summed E-state index contributed by atoms with van der Waals surface area (Å²) in [6.07, 6.45) is 0.886. The number of hydrogen-bond acceptors (Lipinski definition) is 5. The topological polar surface area (TPSA) is 64.8 Å². The fourth-order valence-corrected chi connectivity index (χ4v) is 2.60. The second-order valence-corrected chi connectivity index (χ2v) is 4.67. The fraction of sp³-hybridized carbons (Fsp3) is 0.500. The van der Waals surface area contributed by atoms with Crippen LogP contribution >= 0.6 is 0 Å². The number of nitrogens with zero attached hydrogens (tertiary/aromatic N) is 2. The second kappa shape index (κ2) is 4.13. The third-order valence-electron chi connectivity index (χ3n) is 3.58. The van der Waals surface area contributed by atoms with Gasteiger partial charge >= 0.3 is 0 Å². The lowest BCUT2D eigenvalue weighted by Gasteiger charge is -2.32. The molecule has 0 N–H and O–H groups in total. The largest absolute Gasteiger partial charge is 0.454 e. The van der Waals surface area contributed by atoms with Gasteiger partial charge in [0.2, 0.25) is 13.3 Å². The van der Waals surface area contributed by atoms with E-state index < -0.39 is 0 Å². The first kappa shape index (κ1) is 11.3. The van der Waals surface area contributed by atoms with Crippen LogP contribution in [0.15, 0.2) is 12.1 Å².